The number of rotatable bonds is 3. The standard InChI is InChI=1S/C8H3Cl3O4S/c9-7(12)4-2-1-3-5(8(10)13)6(4)16(11,14)15/h1-3H. The summed E-state index contributed by atoms with van der Waals surface area (Å²) in [5.41, 5.74) is -0.772. The van der Waals surface area contributed by atoms with Crippen LogP contribution in [0.25, 0.3) is 0 Å². The molecular formula is C8H3Cl3O4S. The maximum atomic E-state index is 11.2. The van der Waals surface area contributed by atoms with E-state index in [0.29, 0.717) is 0 Å². The first-order chi connectivity index (χ1) is 7.25. The average Bonchev–Trinajstić information content (AvgIpc) is 2.15. The lowest BCUT2D eigenvalue weighted by molar-refractivity contribution is 0.107. The van der Waals surface area contributed by atoms with Gasteiger partial charge >= 0.3 is 0 Å². The molecule has 0 bridgehead atoms. The fourth-order valence-electron chi connectivity index (χ4n) is 1.11. The van der Waals surface area contributed by atoms with E-state index in [1.807, 2.05) is 0 Å². The van der Waals surface area contributed by atoms with Crippen LogP contribution >= 0.6 is 33.9 Å². The van der Waals surface area contributed by atoms with Crippen molar-refractivity contribution in [3.63, 3.8) is 0 Å². The zero-order valence-corrected chi connectivity index (χ0v) is 10.5. The van der Waals surface area contributed by atoms with E-state index in [1.165, 1.54) is 6.07 Å². The van der Waals surface area contributed by atoms with Crippen molar-refractivity contribution in [2.45, 2.75) is 4.90 Å². The van der Waals surface area contributed by atoms with Crippen molar-refractivity contribution in [2.24, 2.45) is 0 Å². The van der Waals surface area contributed by atoms with Crippen LogP contribution in [0.3, 0.4) is 0 Å². The van der Waals surface area contributed by atoms with Crippen molar-refractivity contribution in [1.82, 2.24) is 0 Å². The van der Waals surface area contributed by atoms with Crippen LogP contribution in [-0.4, -0.2) is 18.9 Å². The minimum Gasteiger partial charge on any atom is -0.276 e. The molecule has 1 rings (SSSR count). The number of hydrogen-bond donors (Lipinski definition) is 0. The third-order valence-electron chi connectivity index (χ3n) is 1.68. The van der Waals surface area contributed by atoms with Gasteiger partial charge in [0.25, 0.3) is 19.5 Å². The molecule has 0 unspecified atom stereocenters. The minimum atomic E-state index is -4.29. The molecule has 4 nitrogen and oxygen atoms in total. The highest BCUT2D eigenvalue weighted by molar-refractivity contribution is 8.13. The second kappa shape index (κ2) is 4.71. The minimum absolute atomic E-state index is 0.386. The highest BCUT2D eigenvalue weighted by atomic mass is 35.7. The number of benzene rings is 1. The topological polar surface area (TPSA) is 68.3 Å². The Balaban J connectivity index is 3.75. The Labute approximate surface area is 106 Å². The Morgan fingerprint density at radius 1 is 1.00 bits per heavy atom. The molecule has 1 aromatic rings. The predicted octanol–water partition coefficient (Wildman–Crippen LogP) is 2.37. The average molecular weight is 302 g/mol. The van der Waals surface area contributed by atoms with Gasteiger partial charge in [-0.2, -0.15) is 0 Å². The van der Waals surface area contributed by atoms with Crippen LogP contribution in [0.4, 0.5) is 0 Å². The molecule has 0 aliphatic rings. The molecule has 0 fully saturated rings. The van der Waals surface area contributed by atoms with Gasteiger partial charge in [0.2, 0.25) is 0 Å². The van der Waals surface area contributed by atoms with Crippen LogP contribution < -0.4 is 0 Å². The number of carbonyl (C=O) groups is 2. The van der Waals surface area contributed by atoms with Gasteiger partial charge in [-0.3, -0.25) is 9.59 Å². The van der Waals surface area contributed by atoms with E-state index in [9.17, 15) is 18.0 Å². The van der Waals surface area contributed by atoms with Crippen LogP contribution in [-0.2, 0) is 9.05 Å². The van der Waals surface area contributed by atoms with Crippen molar-refractivity contribution in [3.8, 4) is 0 Å². The van der Waals surface area contributed by atoms with E-state index < -0.39 is 24.4 Å². The van der Waals surface area contributed by atoms with Crippen LogP contribution in [0.15, 0.2) is 23.1 Å². The summed E-state index contributed by atoms with van der Waals surface area (Å²) in [5, 5.41) is -2.09. The fraction of sp³-hybridized carbons (Fsp3) is 0. The largest absolute Gasteiger partial charge is 0.276 e. The smallest absolute Gasteiger partial charge is 0.262 e. The molecule has 0 spiro atoms. The molecule has 0 saturated carbocycles. The summed E-state index contributed by atoms with van der Waals surface area (Å²) in [6.07, 6.45) is 0. The quantitative estimate of drug-likeness (QED) is 0.804. The highest BCUT2D eigenvalue weighted by Gasteiger charge is 2.25. The molecule has 0 radical (unpaired) electrons. The maximum absolute atomic E-state index is 11.2. The van der Waals surface area contributed by atoms with Gasteiger partial charge in [-0.05, 0) is 35.3 Å². The summed E-state index contributed by atoms with van der Waals surface area (Å²) < 4.78 is 22.5. The SMILES string of the molecule is O=C(Cl)c1cccc(C(=O)Cl)c1S(=O)(=O)Cl. The van der Waals surface area contributed by atoms with E-state index in [1.54, 1.807) is 0 Å². The van der Waals surface area contributed by atoms with E-state index in [-0.39, 0.29) is 11.1 Å². The zero-order valence-electron chi connectivity index (χ0n) is 7.41. The first-order valence-corrected chi connectivity index (χ1v) is 6.79. The molecule has 0 heterocycles. The second-order valence-corrected chi connectivity index (χ2v) is 5.86. The van der Waals surface area contributed by atoms with Gasteiger partial charge < -0.3 is 0 Å². The molecule has 0 aliphatic heterocycles. The predicted molar refractivity (Wildman–Crippen MR) is 59.8 cm³/mol. The lowest BCUT2D eigenvalue weighted by Crippen LogP contribution is -2.07. The van der Waals surface area contributed by atoms with E-state index in [0.717, 1.165) is 12.1 Å². The third kappa shape index (κ3) is 2.74. The molecule has 86 valence electrons. The Kier molecular flexibility index (Phi) is 3.96. The van der Waals surface area contributed by atoms with Gasteiger partial charge in [0.15, 0.2) is 0 Å². The van der Waals surface area contributed by atoms with Crippen LogP contribution in [0.5, 0.6) is 0 Å². The first kappa shape index (κ1) is 13.4. The number of halogens is 3. The Hall–Kier alpha value is -0.620. The summed E-state index contributed by atoms with van der Waals surface area (Å²) in [6.45, 7) is 0. The Morgan fingerprint density at radius 2 is 1.38 bits per heavy atom. The normalized spacial score (nSPS) is 11.2. The Morgan fingerprint density at radius 3 is 1.62 bits per heavy atom. The first-order valence-electron chi connectivity index (χ1n) is 3.72. The zero-order chi connectivity index (χ0) is 12.5. The molecule has 8 heteroatoms. The van der Waals surface area contributed by atoms with Crippen molar-refractivity contribution < 1.29 is 18.0 Å². The highest BCUT2D eigenvalue weighted by Crippen LogP contribution is 2.26. The van der Waals surface area contributed by atoms with Crippen LogP contribution in [0.2, 0.25) is 0 Å². The van der Waals surface area contributed by atoms with Crippen molar-refractivity contribution in [2.75, 3.05) is 0 Å². The molecule has 0 saturated heterocycles. The molecular weight excluding hydrogens is 299 g/mol. The summed E-state index contributed by atoms with van der Waals surface area (Å²) in [6, 6.07) is 3.54. The monoisotopic (exact) mass is 300 g/mol. The van der Waals surface area contributed by atoms with Gasteiger partial charge in [0.05, 0.1) is 11.1 Å². The van der Waals surface area contributed by atoms with Gasteiger partial charge in [0, 0.05) is 10.7 Å². The molecule has 0 N–H and O–H groups in total. The van der Waals surface area contributed by atoms with Crippen molar-refractivity contribution >= 4 is 53.4 Å². The summed E-state index contributed by atoms with van der Waals surface area (Å²) in [5.74, 6) is 0. The van der Waals surface area contributed by atoms with Crippen molar-refractivity contribution in [1.29, 1.82) is 0 Å². The lowest BCUT2D eigenvalue weighted by Gasteiger charge is -2.05. The molecule has 16 heavy (non-hydrogen) atoms. The molecule has 0 aromatic heterocycles. The van der Waals surface area contributed by atoms with Gasteiger partial charge in [-0.15, -0.1) is 0 Å². The third-order valence-corrected chi connectivity index (χ3v) is 3.48. The van der Waals surface area contributed by atoms with Gasteiger partial charge in [0.1, 0.15) is 4.90 Å². The van der Waals surface area contributed by atoms with Crippen LogP contribution in [0.1, 0.15) is 20.7 Å². The molecule has 0 aliphatic carbocycles. The maximum Gasteiger partial charge on any atom is 0.262 e. The summed E-state index contributed by atoms with van der Waals surface area (Å²) in [4.78, 5) is 21.3. The van der Waals surface area contributed by atoms with E-state index >= 15 is 0 Å². The van der Waals surface area contributed by atoms with Gasteiger partial charge in [-0.25, -0.2) is 8.42 Å². The summed E-state index contributed by atoms with van der Waals surface area (Å²) in [7, 11) is 0.815. The van der Waals surface area contributed by atoms with Gasteiger partial charge in [-0.1, -0.05) is 6.07 Å². The van der Waals surface area contributed by atoms with Crippen molar-refractivity contribution in [3.05, 3.63) is 29.3 Å². The van der Waals surface area contributed by atoms with E-state index in [2.05, 4.69) is 0 Å². The molecule has 0 amide bonds. The van der Waals surface area contributed by atoms with Crippen LogP contribution in [0, 0.1) is 0 Å². The fourth-order valence-corrected chi connectivity index (χ4v) is 2.88. The number of carbonyl (C=O) groups excluding carboxylic acids is 2. The number of hydrogen-bond acceptors (Lipinski definition) is 4. The molecule has 1 aromatic carbocycles. The summed E-state index contributed by atoms with van der Waals surface area (Å²) >= 11 is 10.3. The molecule has 0 atom stereocenters. The Bertz CT molecular complexity index is 532. The lowest BCUT2D eigenvalue weighted by atomic mass is 10.1. The van der Waals surface area contributed by atoms with E-state index in [4.69, 9.17) is 33.9 Å². The second-order valence-electron chi connectivity index (χ2n) is 2.67.